The average Bonchev–Trinajstić information content (AvgIpc) is 3.30. The van der Waals surface area contributed by atoms with Gasteiger partial charge in [-0.3, -0.25) is 0 Å². The van der Waals surface area contributed by atoms with Crippen molar-refractivity contribution in [3.63, 3.8) is 0 Å². The van der Waals surface area contributed by atoms with Gasteiger partial charge in [-0.15, -0.1) is 10.2 Å². The molecule has 4 heterocycles. The highest BCUT2D eigenvalue weighted by Crippen LogP contribution is 2.42. The highest BCUT2D eigenvalue weighted by Gasteiger charge is 2.53. The number of alkyl halides is 1. The Bertz CT molecular complexity index is 1030. The van der Waals surface area contributed by atoms with E-state index in [4.69, 9.17) is 0 Å². The van der Waals surface area contributed by atoms with E-state index in [-0.39, 0.29) is 17.7 Å². The second-order valence-electron chi connectivity index (χ2n) is 8.55. The standard InChI is InChI=1S/C22H25FN6O/c1-22-8-7-14(12-25-22)20(21(22)23)28(2)19-6-5-17(26-27-19)16-4-3-15(11-18(16)30)29-10-9-24-13-29/h3-6,9-11,13-14,20-21,25,30H,7-8,12H2,1-2H3/t14?,20-,21+,22-/m1/s1. The maximum absolute atomic E-state index is 15.2. The van der Waals surface area contributed by atoms with Crippen molar-refractivity contribution in [2.24, 2.45) is 5.92 Å². The molecule has 1 saturated carbocycles. The second-order valence-corrected chi connectivity index (χ2v) is 8.55. The summed E-state index contributed by atoms with van der Waals surface area (Å²) in [7, 11) is 1.89. The molecular weight excluding hydrogens is 383 g/mol. The lowest BCUT2D eigenvalue weighted by Gasteiger charge is -2.54. The fraction of sp³-hybridized carbons (Fsp3) is 0.409. The first-order chi connectivity index (χ1) is 14.5. The van der Waals surface area contributed by atoms with E-state index in [1.807, 2.05) is 53.9 Å². The molecule has 6 rings (SSSR count). The minimum Gasteiger partial charge on any atom is -0.507 e. The molecule has 2 bridgehead atoms. The normalized spacial score (nSPS) is 27.9. The van der Waals surface area contributed by atoms with Crippen molar-refractivity contribution in [2.75, 3.05) is 18.5 Å². The van der Waals surface area contributed by atoms with Crippen LogP contribution in [0, 0.1) is 5.92 Å². The Morgan fingerprint density at radius 3 is 2.77 bits per heavy atom. The van der Waals surface area contributed by atoms with E-state index in [0.717, 1.165) is 25.1 Å². The van der Waals surface area contributed by atoms with Crippen molar-refractivity contribution in [1.82, 2.24) is 25.1 Å². The van der Waals surface area contributed by atoms with E-state index in [9.17, 15) is 5.11 Å². The third kappa shape index (κ3) is 3.02. The Labute approximate surface area is 174 Å². The van der Waals surface area contributed by atoms with E-state index in [0.29, 0.717) is 17.1 Å². The number of halogens is 1. The van der Waals surface area contributed by atoms with Crippen molar-refractivity contribution in [3.8, 4) is 22.7 Å². The van der Waals surface area contributed by atoms with Crippen LogP contribution in [-0.4, -0.2) is 56.2 Å². The van der Waals surface area contributed by atoms with E-state index < -0.39 is 11.7 Å². The lowest BCUT2D eigenvalue weighted by atomic mass is 9.68. The number of nitrogens with one attached hydrogen (secondary N) is 1. The molecule has 3 aromatic rings. The van der Waals surface area contributed by atoms with Gasteiger partial charge in [0.1, 0.15) is 11.9 Å². The topological polar surface area (TPSA) is 79.1 Å². The van der Waals surface area contributed by atoms with Crippen LogP contribution in [0.3, 0.4) is 0 Å². The molecule has 3 fully saturated rings. The molecule has 2 aromatic heterocycles. The number of anilines is 1. The summed E-state index contributed by atoms with van der Waals surface area (Å²) >= 11 is 0. The van der Waals surface area contributed by atoms with Crippen LogP contribution in [0.2, 0.25) is 0 Å². The summed E-state index contributed by atoms with van der Waals surface area (Å²) < 4.78 is 17.0. The minimum absolute atomic E-state index is 0.115. The van der Waals surface area contributed by atoms with Crippen LogP contribution in [0.15, 0.2) is 49.1 Å². The summed E-state index contributed by atoms with van der Waals surface area (Å²) in [5, 5.41) is 22.5. The fourth-order valence-corrected chi connectivity index (χ4v) is 4.81. The van der Waals surface area contributed by atoms with Gasteiger partial charge in [-0.2, -0.15) is 0 Å². The lowest BCUT2D eigenvalue weighted by Crippen LogP contribution is -2.70. The number of phenols is 1. The average molecular weight is 408 g/mol. The molecule has 1 aliphatic carbocycles. The number of aromatic hydroxyl groups is 1. The maximum atomic E-state index is 15.2. The van der Waals surface area contributed by atoms with Crippen LogP contribution >= 0.6 is 0 Å². The molecule has 1 aromatic carbocycles. The number of rotatable bonds is 4. The first kappa shape index (κ1) is 19.0. The van der Waals surface area contributed by atoms with Gasteiger partial charge < -0.3 is 19.9 Å². The molecule has 156 valence electrons. The monoisotopic (exact) mass is 408 g/mol. The van der Waals surface area contributed by atoms with Crippen molar-refractivity contribution in [2.45, 2.75) is 37.5 Å². The predicted molar refractivity (Wildman–Crippen MR) is 112 cm³/mol. The molecule has 1 unspecified atom stereocenters. The quantitative estimate of drug-likeness (QED) is 0.691. The van der Waals surface area contributed by atoms with Gasteiger partial charge in [0.2, 0.25) is 0 Å². The number of phenolic OH excluding ortho intramolecular Hbond substituents is 1. The zero-order valence-corrected chi connectivity index (χ0v) is 17.0. The number of fused-ring (bicyclic) bond motifs is 3. The van der Waals surface area contributed by atoms with Crippen LogP contribution in [-0.2, 0) is 0 Å². The van der Waals surface area contributed by atoms with Crippen molar-refractivity contribution < 1.29 is 9.50 Å². The van der Waals surface area contributed by atoms with E-state index in [2.05, 4.69) is 20.5 Å². The molecule has 2 N–H and O–H groups in total. The second kappa shape index (κ2) is 7.05. The van der Waals surface area contributed by atoms with E-state index >= 15 is 4.39 Å². The number of aromatic nitrogens is 4. The Hall–Kier alpha value is -3.00. The first-order valence-electron chi connectivity index (χ1n) is 10.2. The number of hydrogen-bond acceptors (Lipinski definition) is 6. The number of benzene rings is 1. The van der Waals surface area contributed by atoms with Crippen LogP contribution in [0.1, 0.15) is 19.8 Å². The molecule has 4 atom stereocenters. The largest absolute Gasteiger partial charge is 0.507 e. The zero-order chi connectivity index (χ0) is 20.9. The van der Waals surface area contributed by atoms with Gasteiger partial charge in [-0.1, -0.05) is 0 Å². The molecule has 2 aliphatic heterocycles. The molecule has 8 heteroatoms. The molecule has 0 amide bonds. The molecule has 0 radical (unpaired) electrons. The first-order valence-corrected chi connectivity index (χ1v) is 10.2. The van der Waals surface area contributed by atoms with Crippen LogP contribution < -0.4 is 10.2 Å². The fourth-order valence-electron chi connectivity index (χ4n) is 4.81. The summed E-state index contributed by atoms with van der Waals surface area (Å²) in [5.41, 5.74) is 1.50. The Balaban J connectivity index is 1.38. The Kier molecular flexibility index (Phi) is 4.47. The smallest absolute Gasteiger partial charge is 0.151 e. The molecule has 2 saturated heterocycles. The number of hydrogen-bond donors (Lipinski definition) is 2. The molecule has 30 heavy (non-hydrogen) atoms. The van der Waals surface area contributed by atoms with Gasteiger partial charge in [-0.05, 0) is 49.9 Å². The van der Waals surface area contributed by atoms with Crippen molar-refractivity contribution in [3.05, 3.63) is 49.1 Å². The van der Waals surface area contributed by atoms with Crippen LogP contribution in [0.4, 0.5) is 10.2 Å². The van der Waals surface area contributed by atoms with E-state index in [1.165, 1.54) is 0 Å². The summed E-state index contributed by atoms with van der Waals surface area (Å²) in [6, 6.07) is 8.81. The van der Waals surface area contributed by atoms with Gasteiger partial charge in [0, 0.05) is 43.2 Å². The summed E-state index contributed by atoms with van der Waals surface area (Å²) in [6.07, 6.45) is 6.08. The van der Waals surface area contributed by atoms with E-state index in [1.54, 1.807) is 18.6 Å². The molecule has 7 nitrogen and oxygen atoms in total. The SMILES string of the molecule is CN(c1ccc(-c2ccc(-n3ccnc3)cc2O)nn1)[C@@H]1C2CC[C@@](C)(NC2)[C@H]1F. The van der Waals surface area contributed by atoms with Gasteiger partial charge in [0.25, 0.3) is 0 Å². The third-order valence-corrected chi connectivity index (χ3v) is 6.71. The van der Waals surface area contributed by atoms with Crippen LogP contribution in [0.25, 0.3) is 16.9 Å². The van der Waals surface area contributed by atoms with Gasteiger partial charge in [-0.25, -0.2) is 9.37 Å². The molecular formula is C22H25FN6O. The van der Waals surface area contributed by atoms with Crippen LogP contribution in [0.5, 0.6) is 5.75 Å². The Morgan fingerprint density at radius 1 is 1.27 bits per heavy atom. The minimum atomic E-state index is -0.962. The number of piperidine rings is 2. The molecule has 3 aliphatic rings. The summed E-state index contributed by atoms with van der Waals surface area (Å²) in [4.78, 5) is 5.94. The summed E-state index contributed by atoms with van der Waals surface area (Å²) in [6.45, 7) is 2.80. The maximum Gasteiger partial charge on any atom is 0.151 e. The number of nitrogens with zero attached hydrogens (tertiary/aromatic N) is 5. The lowest BCUT2D eigenvalue weighted by molar-refractivity contribution is 0.0102. The van der Waals surface area contributed by atoms with Crippen molar-refractivity contribution >= 4 is 5.82 Å². The van der Waals surface area contributed by atoms with Gasteiger partial charge in [0.15, 0.2) is 5.82 Å². The highest BCUT2D eigenvalue weighted by atomic mass is 19.1. The number of imidazole rings is 1. The van der Waals surface area contributed by atoms with Gasteiger partial charge in [0.05, 0.1) is 23.8 Å². The van der Waals surface area contributed by atoms with Gasteiger partial charge >= 0.3 is 0 Å². The third-order valence-electron chi connectivity index (χ3n) is 6.71. The Morgan fingerprint density at radius 2 is 2.13 bits per heavy atom. The zero-order valence-electron chi connectivity index (χ0n) is 17.0. The summed E-state index contributed by atoms with van der Waals surface area (Å²) in [5.74, 6) is 1.01. The predicted octanol–water partition coefficient (Wildman–Crippen LogP) is 2.95. The molecule has 0 spiro atoms. The van der Waals surface area contributed by atoms with Crippen molar-refractivity contribution in [1.29, 1.82) is 0 Å². The highest BCUT2D eigenvalue weighted by molar-refractivity contribution is 5.69.